The highest BCUT2D eigenvalue weighted by atomic mass is 19.1. The van der Waals surface area contributed by atoms with Gasteiger partial charge in [0.15, 0.2) is 0 Å². The predicted molar refractivity (Wildman–Crippen MR) is 72.7 cm³/mol. The molecular weight excluding hydrogens is 263 g/mol. The molecule has 0 fully saturated rings. The van der Waals surface area contributed by atoms with Crippen molar-refractivity contribution in [3.05, 3.63) is 35.6 Å². The van der Waals surface area contributed by atoms with E-state index in [1.807, 2.05) is 0 Å². The lowest BCUT2D eigenvalue weighted by Gasteiger charge is -2.09. The van der Waals surface area contributed by atoms with Crippen LogP contribution in [-0.4, -0.2) is 23.7 Å². The molecule has 0 bridgehead atoms. The number of carboxylic acid groups (broad SMARTS) is 1. The van der Waals surface area contributed by atoms with E-state index in [9.17, 15) is 14.0 Å². The topological polar surface area (TPSA) is 78.4 Å². The van der Waals surface area contributed by atoms with Gasteiger partial charge in [-0.3, -0.25) is 4.79 Å². The van der Waals surface area contributed by atoms with Crippen LogP contribution in [0.5, 0.6) is 0 Å². The third-order valence-corrected chi connectivity index (χ3v) is 2.89. The largest absolute Gasteiger partial charge is 0.481 e. The van der Waals surface area contributed by atoms with Crippen LogP contribution in [-0.2, 0) is 11.3 Å². The van der Waals surface area contributed by atoms with Gasteiger partial charge in [0.05, 0.1) is 5.92 Å². The van der Waals surface area contributed by atoms with E-state index in [-0.39, 0.29) is 11.8 Å². The van der Waals surface area contributed by atoms with Crippen molar-refractivity contribution in [2.45, 2.75) is 26.3 Å². The van der Waals surface area contributed by atoms with Crippen LogP contribution in [0.4, 0.5) is 9.18 Å². The number of urea groups is 1. The summed E-state index contributed by atoms with van der Waals surface area (Å²) in [5.74, 6) is -1.55. The molecule has 0 heterocycles. The van der Waals surface area contributed by atoms with Crippen molar-refractivity contribution in [3.63, 3.8) is 0 Å². The summed E-state index contributed by atoms with van der Waals surface area (Å²) < 4.78 is 12.7. The van der Waals surface area contributed by atoms with Crippen LogP contribution in [0.25, 0.3) is 0 Å². The average Bonchev–Trinajstić information content (AvgIpc) is 2.42. The summed E-state index contributed by atoms with van der Waals surface area (Å²) in [6, 6.07) is 5.55. The Bertz CT molecular complexity index is 448. The summed E-state index contributed by atoms with van der Waals surface area (Å²) in [6.45, 7) is 2.38. The first-order valence-electron chi connectivity index (χ1n) is 6.48. The van der Waals surface area contributed by atoms with Gasteiger partial charge in [-0.2, -0.15) is 0 Å². The Balaban J connectivity index is 2.14. The molecule has 20 heavy (non-hydrogen) atoms. The van der Waals surface area contributed by atoms with Gasteiger partial charge in [0, 0.05) is 13.1 Å². The molecule has 0 aliphatic rings. The summed E-state index contributed by atoms with van der Waals surface area (Å²) in [5, 5.41) is 14.0. The number of carbonyl (C=O) groups is 2. The lowest BCUT2D eigenvalue weighted by atomic mass is 10.1. The van der Waals surface area contributed by atoms with Gasteiger partial charge < -0.3 is 15.7 Å². The number of aliphatic carboxylic acids is 1. The molecule has 1 unspecified atom stereocenters. The van der Waals surface area contributed by atoms with Crippen molar-refractivity contribution in [1.82, 2.24) is 10.6 Å². The molecule has 6 heteroatoms. The highest BCUT2D eigenvalue weighted by Crippen LogP contribution is 2.04. The number of amides is 2. The van der Waals surface area contributed by atoms with E-state index in [0.29, 0.717) is 25.9 Å². The predicted octanol–water partition coefficient (Wildman–Crippen LogP) is 2.13. The van der Waals surface area contributed by atoms with Crippen LogP contribution in [0.3, 0.4) is 0 Å². The fraction of sp³-hybridized carbons (Fsp3) is 0.429. The van der Waals surface area contributed by atoms with Crippen molar-refractivity contribution in [2.75, 3.05) is 6.54 Å². The first kappa shape index (κ1) is 15.9. The van der Waals surface area contributed by atoms with Gasteiger partial charge in [-0.25, -0.2) is 9.18 Å². The second kappa shape index (κ2) is 8.14. The first-order valence-corrected chi connectivity index (χ1v) is 6.48. The lowest BCUT2D eigenvalue weighted by molar-refractivity contribution is -0.141. The maximum absolute atomic E-state index is 12.7. The fourth-order valence-corrected chi connectivity index (χ4v) is 1.58. The van der Waals surface area contributed by atoms with E-state index in [1.165, 1.54) is 12.1 Å². The summed E-state index contributed by atoms with van der Waals surface area (Å²) in [5.41, 5.74) is 0.807. The highest BCUT2D eigenvalue weighted by Gasteiger charge is 2.09. The third-order valence-electron chi connectivity index (χ3n) is 2.89. The molecule has 2 amide bonds. The molecule has 0 aliphatic heterocycles. The van der Waals surface area contributed by atoms with Crippen molar-refractivity contribution >= 4 is 12.0 Å². The Labute approximate surface area is 117 Å². The smallest absolute Gasteiger partial charge is 0.315 e. The number of carboxylic acids is 1. The van der Waals surface area contributed by atoms with Gasteiger partial charge in [0.2, 0.25) is 0 Å². The zero-order valence-electron chi connectivity index (χ0n) is 11.4. The van der Waals surface area contributed by atoms with E-state index in [1.54, 1.807) is 19.1 Å². The molecular formula is C14H19FN2O3. The Hall–Kier alpha value is -2.11. The number of rotatable bonds is 7. The molecule has 5 nitrogen and oxygen atoms in total. The van der Waals surface area contributed by atoms with Gasteiger partial charge >= 0.3 is 12.0 Å². The van der Waals surface area contributed by atoms with E-state index in [4.69, 9.17) is 5.11 Å². The molecule has 0 aromatic heterocycles. The van der Waals surface area contributed by atoms with Crippen LogP contribution >= 0.6 is 0 Å². The molecule has 110 valence electrons. The van der Waals surface area contributed by atoms with E-state index < -0.39 is 11.9 Å². The summed E-state index contributed by atoms with van der Waals surface area (Å²) in [4.78, 5) is 22.0. The van der Waals surface area contributed by atoms with Crippen LogP contribution in [0.15, 0.2) is 24.3 Å². The quantitative estimate of drug-likeness (QED) is 0.670. The maximum Gasteiger partial charge on any atom is 0.315 e. The monoisotopic (exact) mass is 282 g/mol. The minimum Gasteiger partial charge on any atom is -0.481 e. The third kappa shape index (κ3) is 6.17. The molecule has 0 radical (unpaired) electrons. The van der Waals surface area contributed by atoms with Gasteiger partial charge in [-0.15, -0.1) is 0 Å². The van der Waals surface area contributed by atoms with Crippen LogP contribution in [0.1, 0.15) is 25.3 Å². The fourth-order valence-electron chi connectivity index (χ4n) is 1.58. The van der Waals surface area contributed by atoms with Crippen LogP contribution in [0.2, 0.25) is 0 Å². The zero-order chi connectivity index (χ0) is 15.0. The Kier molecular flexibility index (Phi) is 6.49. The molecule has 0 saturated carbocycles. The van der Waals surface area contributed by atoms with E-state index >= 15 is 0 Å². The Morgan fingerprint density at radius 2 is 1.90 bits per heavy atom. The molecule has 1 atom stereocenters. The van der Waals surface area contributed by atoms with Crippen molar-refractivity contribution in [2.24, 2.45) is 5.92 Å². The van der Waals surface area contributed by atoms with Gasteiger partial charge in [0.1, 0.15) is 5.82 Å². The average molecular weight is 282 g/mol. The molecule has 1 rings (SSSR count). The van der Waals surface area contributed by atoms with Gasteiger partial charge in [-0.1, -0.05) is 19.1 Å². The number of nitrogens with one attached hydrogen (secondary N) is 2. The van der Waals surface area contributed by atoms with E-state index in [0.717, 1.165) is 5.56 Å². The second-order valence-corrected chi connectivity index (χ2v) is 4.62. The minimum atomic E-state index is -0.828. The number of halogens is 1. The molecule has 1 aromatic carbocycles. The Morgan fingerprint density at radius 1 is 1.25 bits per heavy atom. The van der Waals surface area contributed by atoms with E-state index in [2.05, 4.69) is 10.6 Å². The SMILES string of the molecule is CC(CCCNC(=O)NCc1ccc(F)cc1)C(=O)O. The van der Waals surface area contributed by atoms with Crippen molar-refractivity contribution < 1.29 is 19.1 Å². The number of hydrogen-bond acceptors (Lipinski definition) is 2. The summed E-state index contributed by atoms with van der Waals surface area (Å²) in [6.07, 6.45) is 1.13. The summed E-state index contributed by atoms with van der Waals surface area (Å²) in [7, 11) is 0. The van der Waals surface area contributed by atoms with Crippen molar-refractivity contribution in [1.29, 1.82) is 0 Å². The Morgan fingerprint density at radius 3 is 2.50 bits per heavy atom. The minimum absolute atomic E-state index is 0.314. The van der Waals surface area contributed by atoms with Crippen molar-refractivity contribution in [3.8, 4) is 0 Å². The number of benzene rings is 1. The van der Waals surface area contributed by atoms with Gasteiger partial charge in [-0.05, 0) is 30.5 Å². The lowest BCUT2D eigenvalue weighted by Crippen LogP contribution is -2.35. The number of hydrogen-bond donors (Lipinski definition) is 3. The zero-order valence-corrected chi connectivity index (χ0v) is 11.4. The normalized spacial score (nSPS) is 11.7. The summed E-state index contributed by atoms with van der Waals surface area (Å²) >= 11 is 0. The first-order chi connectivity index (χ1) is 9.49. The molecule has 0 aliphatic carbocycles. The van der Waals surface area contributed by atoms with Crippen LogP contribution in [0, 0.1) is 11.7 Å². The molecule has 0 saturated heterocycles. The number of carbonyl (C=O) groups excluding carboxylic acids is 1. The standard InChI is InChI=1S/C14H19FN2O3/c1-10(13(18)19)3-2-8-16-14(20)17-9-11-4-6-12(15)7-5-11/h4-7,10H,2-3,8-9H2,1H3,(H,18,19)(H2,16,17,20). The molecule has 3 N–H and O–H groups in total. The van der Waals surface area contributed by atoms with Crippen LogP contribution < -0.4 is 10.6 Å². The molecule has 0 spiro atoms. The van der Waals surface area contributed by atoms with Gasteiger partial charge in [0.25, 0.3) is 0 Å². The second-order valence-electron chi connectivity index (χ2n) is 4.62. The highest BCUT2D eigenvalue weighted by molar-refractivity contribution is 5.73. The molecule has 1 aromatic rings. The maximum atomic E-state index is 12.7.